The summed E-state index contributed by atoms with van der Waals surface area (Å²) in [5.41, 5.74) is 5.92. The van der Waals surface area contributed by atoms with Crippen molar-refractivity contribution in [2.24, 2.45) is 0 Å². The minimum atomic E-state index is -3.64. The summed E-state index contributed by atoms with van der Waals surface area (Å²) >= 11 is 0. The molecule has 0 aliphatic heterocycles. The molecule has 188 valence electrons. The molecular weight excluding hydrogens is 464 g/mol. The van der Waals surface area contributed by atoms with E-state index < -0.39 is 10.0 Å². The minimum Gasteiger partial charge on any atom is -0.300 e. The predicted octanol–water partition coefficient (Wildman–Crippen LogP) is 6.39. The van der Waals surface area contributed by atoms with Gasteiger partial charge < -0.3 is 4.90 Å². The van der Waals surface area contributed by atoms with Crippen LogP contribution in [0.3, 0.4) is 0 Å². The molecule has 1 heterocycles. The zero-order valence-electron chi connectivity index (χ0n) is 21.4. The van der Waals surface area contributed by atoms with Crippen LogP contribution in [0.2, 0.25) is 0 Å². The lowest BCUT2D eigenvalue weighted by atomic mass is 9.85. The monoisotopic (exact) mass is 500 g/mol. The predicted molar refractivity (Wildman–Crippen MR) is 148 cm³/mol. The molecule has 5 rings (SSSR count). The van der Waals surface area contributed by atoms with Crippen LogP contribution in [0.15, 0.2) is 83.9 Å². The maximum absolute atomic E-state index is 13.4. The first-order valence-electron chi connectivity index (χ1n) is 13.2. The van der Waals surface area contributed by atoms with E-state index in [0.29, 0.717) is 10.9 Å². The van der Waals surface area contributed by atoms with E-state index in [9.17, 15) is 8.42 Å². The molecule has 1 aliphatic rings. The lowest BCUT2D eigenvalue weighted by Crippen LogP contribution is -2.40. The van der Waals surface area contributed by atoms with Crippen LogP contribution in [0.25, 0.3) is 10.9 Å². The number of hydrogen-bond donors (Lipinski definition) is 0. The van der Waals surface area contributed by atoms with Crippen LogP contribution in [0.4, 0.5) is 0 Å². The third kappa shape index (κ3) is 5.00. The van der Waals surface area contributed by atoms with E-state index in [4.69, 9.17) is 0 Å². The number of hydrogen-bond acceptors (Lipinski definition) is 3. The molecule has 4 nitrogen and oxygen atoms in total. The Morgan fingerprint density at radius 2 is 1.72 bits per heavy atom. The Morgan fingerprint density at radius 3 is 2.47 bits per heavy atom. The Labute approximate surface area is 215 Å². The first kappa shape index (κ1) is 24.8. The second-order valence-electron chi connectivity index (χ2n) is 10.1. The summed E-state index contributed by atoms with van der Waals surface area (Å²) in [5, 5.41) is 1.08. The molecule has 5 heteroatoms. The zero-order valence-corrected chi connectivity index (χ0v) is 22.2. The van der Waals surface area contributed by atoms with Gasteiger partial charge in [0.15, 0.2) is 0 Å². The molecule has 0 amide bonds. The zero-order chi connectivity index (χ0) is 25.1. The van der Waals surface area contributed by atoms with Gasteiger partial charge >= 0.3 is 0 Å². The highest BCUT2D eigenvalue weighted by Crippen LogP contribution is 2.33. The van der Waals surface area contributed by atoms with Crippen LogP contribution in [-0.4, -0.2) is 36.4 Å². The van der Waals surface area contributed by atoms with Crippen molar-refractivity contribution in [2.75, 3.05) is 13.1 Å². The number of aryl methyl sites for hydroxylation is 3. The van der Waals surface area contributed by atoms with Gasteiger partial charge in [-0.2, -0.15) is 0 Å². The van der Waals surface area contributed by atoms with Crippen LogP contribution in [-0.2, 0) is 29.3 Å². The highest BCUT2D eigenvalue weighted by Gasteiger charge is 2.27. The third-order valence-corrected chi connectivity index (χ3v) is 9.29. The lowest BCUT2D eigenvalue weighted by Gasteiger charge is -2.35. The summed E-state index contributed by atoms with van der Waals surface area (Å²) in [6, 6.07) is 24.5. The summed E-state index contributed by atoms with van der Waals surface area (Å²) in [6.07, 6.45) is 8.32. The lowest BCUT2D eigenvalue weighted by molar-refractivity contribution is 0.178. The molecule has 0 saturated carbocycles. The van der Waals surface area contributed by atoms with E-state index in [1.165, 1.54) is 20.7 Å². The van der Waals surface area contributed by atoms with E-state index in [2.05, 4.69) is 48.2 Å². The molecule has 1 atom stereocenters. The molecule has 36 heavy (non-hydrogen) atoms. The number of fused-ring (bicyclic) bond motifs is 3. The van der Waals surface area contributed by atoms with Crippen molar-refractivity contribution < 1.29 is 8.42 Å². The molecule has 0 bridgehead atoms. The van der Waals surface area contributed by atoms with Crippen LogP contribution in [0.5, 0.6) is 0 Å². The van der Waals surface area contributed by atoms with Gasteiger partial charge in [0.05, 0.1) is 10.4 Å². The maximum Gasteiger partial charge on any atom is 0.268 e. The fourth-order valence-corrected chi connectivity index (χ4v) is 7.02. The number of rotatable bonds is 9. The summed E-state index contributed by atoms with van der Waals surface area (Å²) in [5.74, 6) is 0. The van der Waals surface area contributed by atoms with Crippen molar-refractivity contribution in [1.29, 1.82) is 0 Å². The third-order valence-electron chi connectivity index (χ3n) is 7.59. The van der Waals surface area contributed by atoms with Gasteiger partial charge in [-0.3, -0.25) is 0 Å². The number of aromatic nitrogens is 1. The van der Waals surface area contributed by atoms with Gasteiger partial charge in [-0.1, -0.05) is 61.0 Å². The van der Waals surface area contributed by atoms with Gasteiger partial charge in [0.25, 0.3) is 10.0 Å². The summed E-state index contributed by atoms with van der Waals surface area (Å²) in [4.78, 5) is 3.00. The van der Waals surface area contributed by atoms with Gasteiger partial charge in [0, 0.05) is 17.6 Å². The first-order valence-corrected chi connectivity index (χ1v) is 14.6. The Balaban J connectivity index is 1.39. The normalized spacial score (nSPS) is 15.9. The SMILES string of the molecule is CCCN(CCCc1ccccc1)C1CCc2ccc3c(ccn3S(=O)(=O)c3ccc(C)cc3)c2C1. The summed E-state index contributed by atoms with van der Waals surface area (Å²) in [6.45, 7) is 6.43. The molecule has 0 spiro atoms. The second kappa shape index (κ2) is 10.6. The van der Waals surface area contributed by atoms with Crippen molar-refractivity contribution in [3.63, 3.8) is 0 Å². The van der Waals surface area contributed by atoms with E-state index in [1.807, 2.05) is 31.2 Å². The Morgan fingerprint density at radius 1 is 0.944 bits per heavy atom. The molecule has 1 unspecified atom stereocenters. The van der Waals surface area contributed by atoms with E-state index in [1.54, 1.807) is 18.3 Å². The summed E-state index contributed by atoms with van der Waals surface area (Å²) in [7, 11) is -3.64. The van der Waals surface area contributed by atoms with Crippen LogP contribution in [0, 0.1) is 6.92 Å². The first-order chi connectivity index (χ1) is 17.5. The Kier molecular flexibility index (Phi) is 7.31. The fraction of sp³-hybridized carbons (Fsp3) is 0.355. The highest BCUT2D eigenvalue weighted by molar-refractivity contribution is 7.90. The van der Waals surface area contributed by atoms with Crippen molar-refractivity contribution in [2.45, 2.75) is 63.3 Å². The molecular formula is C31H36N2O2S. The smallest absolute Gasteiger partial charge is 0.268 e. The van der Waals surface area contributed by atoms with Gasteiger partial charge in [0.1, 0.15) is 0 Å². The highest BCUT2D eigenvalue weighted by atomic mass is 32.2. The van der Waals surface area contributed by atoms with Gasteiger partial charge in [0.2, 0.25) is 0 Å². The second-order valence-corrected chi connectivity index (χ2v) is 11.9. The maximum atomic E-state index is 13.4. The standard InChI is InChI=1S/C31H36N2O2S/c1-3-20-32(21-7-10-25-8-5-4-6-9-25)27-15-13-26-14-18-31-29(30(26)23-27)19-22-33(31)36(34,35)28-16-11-24(2)12-17-28/h4-6,8-9,11-12,14,16-19,22,27H,3,7,10,13,15,20-21,23H2,1-2H3. The Hall–Kier alpha value is -2.89. The molecule has 4 aromatic rings. The van der Waals surface area contributed by atoms with Gasteiger partial charge in [-0.15, -0.1) is 0 Å². The molecule has 0 saturated heterocycles. The molecule has 1 aliphatic carbocycles. The molecule has 0 radical (unpaired) electrons. The molecule has 0 N–H and O–H groups in total. The van der Waals surface area contributed by atoms with Crippen molar-refractivity contribution >= 4 is 20.9 Å². The average molecular weight is 501 g/mol. The quantitative estimate of drug-likeness (QED) is 0.267. The molecule has 1 aromatic heterocycles. The van der Waals surface area contributed by atoms with E-state index in [-0.39, 0.29) is 0 Å². The number of nitrogens with zero attached hydrogens (tertiary/aromatic N) is 2. The van der Waals surface area contributed by atoms with E-state index in [0.717, 1.165) is 68.1 Å². The Bertz CT molecular complexity index is 1420. The van der Waals surface area contributed by atoms with Crippen LogP contribution in [0.1, 0.15) is 48.4 Å². The minimum absolute atomic E-state index is 0.328. The van der Waals surface area contributed by atoms with Crippen molar-refractivity contribution in [1.82, 2.24) is 8.87 Å². The average Bonchev–Trinajstić information content (AvgIpc) is 3.35. The van der Waals surface area contributed by atoms with E-state index >= 15 is 0 Å². The molecule has 0 fully saturated rings. The van der Waals surface area contributed by atoms with Crippen molar-refractivity contribution in [3.8, 4) is 0 Å². The van der Waals surface area contributed by atoms with Crippen molar-refractivity contribution in [3.05, 3.63) is 101 Å². The van der Waals surface area contributed by atoms with Gasteiger partial charge in [-0.05, 0) is 99.5 Å². The van der Waals surface area contributed by atoms with Gasteiger partial charge in [-0.25, -0.2) is 12.4 Å². The topological polar surface area (TPSA) is 42.3 Å². The fourth-order valence-electron chi connectivity index (χ4n) is 5.67. The number of benzene rings is 3. The van der Waals surface area contributed by atoms with Crippen LogP contribution >= 0.6 is 0 Å². The summed E-state index contributed by atoms with van der Waals surface area (Å²) < 4.78 is 28.3. The van der Waals surface area contributed by atoms with Crippen LogP contribution < -0.4 is 0 Å². The largest absolute Gasteiger partial charge is 0.300 e. The molecule has 3 aromatic carbocycles.